The molecule has 0 amide bonds. The summed E-state index contributed by atoms with van der Waals surface area (Å²) in [5.74, 6) is 0. The van der Waals surface area contributed by atoms with E-state index >= 15 is 0 Å². The van der Waals surface area contributed by atoms with Gasteiger partial charge in [0.25, 0.3) is 0 Å². The summed E-state index contributed by atoms with van der Waals surface area (Å²) in [5.41, 5.74) is 3.70. The number of benzene rings is 1. The molecule has 0 spiro atoms. The van der Waals surface area contributed by atoms with Gasteiger partial charge in [0.15, 0.2) is 5.43 Å². The third-order valence-electron chi connectivity index (χ3n) is 3.62. The number of hydrogen-bond acceptors (Lipinski definition) is 2. The highest BCUT2D eigenvalue weighted by atomic mass is 16.1. The van der Waals surface area contributed by atoms with Crippen molar-refractivity contribution < 1.29 is 0 Å². The summed E-state index contributed by atoms with van der Waals surface area (Å²) in [6, 6.07) is 12.0. The molecule has 21 heavy (non-hydrogen) atoms. The third-order valence-corrected chi connectivity index (χ3v) is 3.62. The molecule has 1 aromatic carbocycles. The Morgan fingerprint density at radius 3 is 2.57 bits per heavy atom. The minimum absolute atomic E-state index is 0.0649. The number of pyridine rings is 1. The second kappa shape index (κ2) is 6.90. The fourth-order valence-corrected chi connectivity index (χ4v) is 2.37. The van der Waals surface area contributed by atoms with Gasteiger partial charge in [-0.1, -0.05) is 25.5 Å². The molecule has 0 aliphatic carbocycles. The van der Waals surface area contributed by atoms with Crippen molar-refractivity contribution in [2.45, 2.75) is 39.5 Å². The van der Waals surface area contributed by atoms with Gasteiger partial charge >= 0.3 is 0 Å². The van der Waals surface area contributed by atoms with Crippen LogP contribution in [-0.4, -0.2) is 4.57 Å². The monoisotopic (exact) mass is 280 g/mol. The van der Waals surface area contributed by atoms with Gasteiger partial charge < -0.3 is 4.57 Å². The molecular formula is C18H20N2O. The van der Waals surface area contributed by atoms with E-state index < -0.39 is 0 Å². The maximum atomic E-state index is 11.8. The molecule has 0 radical (unpaired) electrons. The van der Waals surface area contributed by atoms with E-state index in [9.17, 15) is 4.79 Å². The molecule has 0 atom stereocenters. The number of aryl methyl sites for hydroxylation is 2. The van der Waals surface area contributed by atoms with Crippen molar-refractivity contribution >= 4 is 0 Å². The van der Waals surface area contributed by atoms with Gasteiger partial charge in [0.1, 0.15) is 0 Å². The smallest absolute Gasteiger partial charge is 0.186 e. The van der Waals surface area contributed by atoms with Gasteiger partial charge in [0.05, 0.1) is 12.5 Å². The Balaban J connectivity index is 2.35. The molecule has 0 aliphatic heterocycles. The summed E-state index contributed by atoms with van der Waals surface area (Å²) >= 11 is 0. The summed E-state index contributed by atoms with van der Waals surface area (Å²) < 4.78 is 1.97. The van der Waals surface area contributed by atoms with E-state index in [2.05, 4.69) is 31.2 Å². The van der Waals surface area contributed by atoms with Gasteiger partial charge in [0.2, 0.25) is 0 Å². The number of hydrogen-bond donors (Lipinski definition) is 0. The predicted octanol–water partition coefficient (Wildman–Crippen LogP) is 3.55. The average molecular weight is 280 g/mol. The SMILES string of the molecule is CCCCc1ccc(-n2cc(CC#N)c(=O)cc2C)cc1. The number of nitrogens with zero attached hydrogens (tertiary/aromatic N) is 2. The second-order valence-electron chi connectivity index (χ2n) is 5.28. The number of rotatable bonds is 5. The van der Waals surface area contributed by atoms with Crippen LogP contribution in [0.15, 0.2) is 41.3 Å². The summed E-state index contributed by atoms with van der Waals surface area (Å²) in [4.78, 5) is 11.8. The maximum Gasteiger partial charge on any atom is 0.186 e. The standard InChI is InChI=1S/C18H20N2O/c1-3-4-5-15-6-8-17(9-7-15)20-13-16(10-11-19)18(21)12-14(20)2/h6-9,12-13H,3-5,10H2,1-2H3. The normalized spacial score (nSPS) is 10.3. The van der Waals surface area contributed by atoms with Crippen molar-refractivity contribution in [3.8, 4) is 11.8 Å². The zero-order valence-electron chi connectivity index (χ0n) is 12.6. The van der Waals surface area contributed by atoms with E-state index in [0.717, 1.165) is 17.8 Å². The first-order chi connectivity index (χ1) is 10.2. The molecule has 2 rings (SSSR count). The Kier molecular flexibility index (Phi) is 4.94. The van der Waals surface area contributed by atoms with Crippen LogP contribution in [0.1, 0.15) is 36.6 Å². The lowest BCUT2D eigenvalue weighted by molar-refractivity contribution is 0.794. The van der Waals surface area contributed by atoms with Crippen LogP contribution in [0.3, 0.4) is 0 Å². The lowest BCUT2D eigenvalue weighted by Crippen LogP contribution is -2.13. The van der Waals surface area contributed by atoms with Crippen molar-refractivity contribution in [3.63, 3.8) is 0 Å². The van der Waals surface area contributed by atoms with Crippen LogP contribution in [0, 0.1) is 18.3 Å². The molecule has 1 heterocycles. The summed E-state index contributed by atoms with van der Waals surface area (Å²) in [7, 11) is 0. The molecule has 3 nitrogen and oxygen atoms in total. The van der Waals surface area contributed by atoms with Gasteiger partial charge in [-0.15, -0.1) is 0 Å². The second-order valence-corrected chi connectivity index (χ2v) is 5.28. The van der Waals surface area contributed by atoms with E-state index in [1.807, 2.05) is 17.6 Å². The van der Waals surface area contributed by atoms with Crippen LogP contribution < -0.4 is 5.43 Å². The molecule has 0 aliphatic rings. The van der Waals surface area contributed by atoms with Crippen LogP contribution in [0.25, 0.3) is 5.69 Å². The van der Waals surface area contributed by atoms with Crippen molar-refractivity contribution in [2.24, 2.45) is 0 Å². The molecule has 0 saturated heterocycles. The van der Waals surface area contributed by atoms with E-state index in [1.54, 1.807) is 12.3 Å². The highest BCUT2D eigenvalue weighted by molar-refractivity contribution is 5.38. The quantitative estimate of drug-likeness (QED) is 0.840. The van der Waals surface area contributed by atoms with Crippen LogP contribution in [0.2, 0.25) is 0 Å². The van der Waals surface area contributed by atoms with Gasteiger partial charge in [0, 0.05) is 29.2 Å². The zero-order chi connectivity index (χ0) is 15.2. The van der Waals surface area contributed by atoms with E-state index in [-0.39, 0.29) is 11.8 Å². The van der Waals surface area contributed by atoms with Crippen molar-refractivity contribution in [2.75, 3.05) is 0 Å². The molecule has 2 aromatic rings. The fraction of sp³-hybridized carbons (Fsp3) is 0.333. The lowest BCUT2D eigenvalue weighted by Gasteiger charge is -2.12. The van der Waals surface area contributed by atoms with E-state index in [1.165, 1.54) is 18.4 Å². The van der Waals surface area contributed by atoms with Crippen LogP contribution in [0.5, 0.6) is 0 Å². The van der Waals surface area contributed by atoms with Gasteiger partial charge in [-0.3, -0.25) is 4.79 Å². The summed E-state index contributed by atoms with van der Waals surface area (Å²) in [6.07, 6.45) is 5.41. The molecular weight excluding hydrogens is 260 g/mol. The first kappa shape index (κ1) is 15.1. The van der Waals surface area contributed by atoms with Crippen LogP contribution in [-0.2, 0) is 12.8 Å². The molecule has 0 saturated carbocycles. The average Bonchev–Trinajstić information content (AvgIpc) is 2.49. The number of aromatic nitrogens is 1. The van der Waals surface area contributed by atoms with Crippen molar-refractivity contribution in [1.29, 1.82) is 5.26 Å². The third kappa shape index (κ3) is 3.61. The Hall–Kier alpha value is -2.34. The molecule has 0 fully saturated rings. The van der Waals surface area contributed by atoms with Crippen molar-refractivity contribution in [3.05, 3.63) is 63.6 Å². The van der Waals surface area contributed by atoms with Gasteiger partial charge in [-0.25, -0.2) is 0 Å². The van der Waals surface area contributed by atoms with Crippen molar-refractivity contribution in [1.82, 2.24) is 4.57 Å². The molecule has 1 aromatic heterocycles. The number of nitriles is 1. The molecule has 3 heteroatoms. The largest absolute Gasteiger partial charge is 0.321 e. The Bertz CT molecular complexity index is 705. The van der Waals surface area contributed by atoms with Crippen LogP contribution >= 0.6 is 0 Å². The lowest BCUT2D eigenvalue weighted by atomic mass is 10.1. The molecule has 0 bridgehead atoms. The zero-order valence-corrected chi connectivity index (χ0v) is 12.6. The highest BCUT2D eigenvalue weighted by Gasteiger charge is 2.05. The maximum absolute atomic E-state index is 11.8. The minimum Gasteiger partial charge on any atom is -0.321 e. The summed E-state index contributed by atoms with van der Waals surface area (Å²) in [5, 5.41) is 8.80. The van der Waals surface area contributed by atoms with E-state index in [0.29, 0.717) is 5.56 Å². The van der Waals surface area contributed by atoms with Gasteiger partial charge in [-0.2, -0.15) is 5.26 Å². The first-order valence-electron chi connectivity index (χ1n) is 7.34. The fourth-order valence-electron chi connectivity index (χ4n) is 2.37. The predicted molar refractivity (Wildman–Crippen MR) is 84.7 cm³/mol. The van der Waals surface area contributed by atoms with Crippen LogP contribution in [0.4, 0.5) is 0 Å². The Morgan fingerprint density at radius 1 is 1.24 bits per heavy atom. The highest BCUT2D eigenvalue weighted by Crippen LogP contribution is 2.14. The van der Waals surface area contributed by atoms with Gasteiger partial charge in [-0.05, 0) is 37.5 Å². The molecule has 0 N–H and O–H groups in total. The first-order valence-corrected chi connectivity index (χ1v) is 7.34. The Labute approximate surface area is 125 Å². The summed E-state index contributed by atoms with van der Waals surface area (Å²) in [6.45, 7) is 4.09. The topological polar surface area (TPSA) is 45.8 Å². The molecule has 108 valence electrons. The van der Waals surface area contributed by atoms with E-state index in [4.69, 9.17) is 5.26 Å². The molecule has 0 unspecified atom stereocenters. The number of unbranched alkanes of at least 4 members (excludes halogenated alkanes) is 1. The Morgan fingerprint density at radius 2 is 1.95 bits per heavy atom. The minimum atomic E-state index is -0.0649.